The number of rotatable bonds is 9. The largest absolute Gasteiger partial charge is 0.457 e. The van der Waals surface area contributed by atoms with Crippen LogP contribution in [0.15, 0.2) is 60.7 Å². The topological polar surface area (TPSA) is 81.7 Å². The molecule has 1 N–H and O–H groups in total. The van der Waals surface area contributed by atoms with Crippen LogP contribution in [0.25, 0.3) is 0 Å². The number of aryl methyl sites for hydroxylation is 2. The predicted octanol–water partition coefficient (Wildman–Crippen LogP) is 6.55. The zero-order valence-electron chi connectivity index (χ0n) is 18.7. The number of hydrogen-bond donors (Lipinski definition) is 1. The lowest BCUT2D eigenvalue weighted by Crippen LogP contribution is -2.17. The van der Waals surface area contributed by atoms with Gasteiger partial charge in [-0.1, -0.05) is 29.3 Å². The highest BCUT2D eigenvalue weighted by atomic mass is 35.5. The van der Waals surface area contributed by atoms with E-state index in [4.69, 9.17) is 32.7 Å². The maximum Gasteiger partial charge on any atom is 0.306 e. The first kappa shape index (κ1) is 25.3. The Morgan fingerprint density at radius 2 is 1.53 bits per heavy atom. The van der Waals surface area contributed by atoms with E-state index in [-0.39, 0.29) is 29.3 Å². The molecule has 8 heteroatoms. The molecule has 0 aliphatic carbocycles. The summed E-state index contributed by atoms with van der Waals surface area (Å²) in [5, 5.41) is 3.28. The van der Waals surface area contributed by atoms with Crippen molar-refractivity contribution in [1.82, 2.24) is 0 Å². The second-order valence-corrected chi connectivity index (χ2v) is 8.47. The van der Waals surface area contributed by atoms with Gasteiger partial charge >= 0.3 is 5.97 Å². The number of carbonyl (C=O) groups is 3. The number of anilines is 1. The molecule has 0 unspecified atom stereocenters. The summed E-state index contributed by atoms with van der Waals surface area (Å²) in [7, 11) is 0. The Hall–Kier alpha value is -3.35. The van der Waals surface area contributed by atoms with E-state index >= 15 is 0 Å². The Labute approximate surface area is 207 Å². The molecule has 0 radical (unpaired) electrons. The van der Waals surface area contributed by atoms with Crippen LogP contribution in [0.3, 0.4) is 0 Å². The van der Waals surface area contributed by atoms with E-state index in [9.17, 15) is 14.4 Å². The summed E-state index contributed by atoms with van der Waals surface area (Å²) in [5.41, 5.74) is 3.10. The summed E-state index contributed by atoms with van der Waals surface area (Å²) in [6.45, 7) is 3.58. The molecular weight excluding hydrogens is 477 g/mol. The maximum absolute atomic E-state index is 12.2. The summed E-state index contributed by atoms with van der Waals surface area (Å²) < 4.78 is 10.8. The molecule has 0 aromatic heterocycles. The molecular formula is C26H23Cl2NO5. The van der Waals surface area contributed by atoms with Crippen LogP contribution in [0.1, 0.15) is 34.3 Å². The highest BCUT2D eigenvalue weighted by Gasteiger charge is 2.15. The minimum atomic E-state index is -0.661. The number of esters is 1. The van der Waals surface area contributed by atoms with Gasteiger partial charge in [-0.25, -0.2) is 0 Å². The van der Waals surface area contributed by atoms with Crippen LogP contribution in [0.4, 0.5) is 5.69 Å². The van der Waals surface area contributed by atoms with Gasteiger partial charge in [0, 0.05) is 22.7 Å². The number of Topliss-reactive ketones (excluding diaryl/α,β-unsaturated/α-hetero) is 1. The van der Waals surface area contributed by atoms with E-state index in [2.05, 4.69) is 5.32 Å². The molecule has 0 saturated heterocycles. The molecule has 0 saturated carbocycles. The van der Waals surface area contributed by atoms with E-state index in [1.54, 1.807) is 24.3 Å². The van der Waals surface area contributed by atoms with Crippen molar-refractivity contribution in [2.24, 2.45) is 0 Å². The van der Waals surface area contributed by atoms with Crippen LogP contribution in [0, 0.1) is 13.8 Å². The third kappa shape index (κ3) is 7.33. The number of ketones is 1. The normalized spacial score (nSPS) is 10.5. The fraction of sp³-hybridized carbons (Fsp3) is 0.192. The molecule has 0 bridgehead atoms. The Kier molecular flexibility index (Phi) is 8.68. The van der Waals surface area contributed by atoms with E-state index in [1.165, 1.54) is 23.8 Å². The SMILES string of the molecule is Cc1ccc(Oc2ccc(NC(=O)CCC(=O)OCC(=O)c3ccc(Cl)cc3Cl)cc2)cc1C. The van der Waals surface area contributed by atoms with Crippen LogP contribution in [0.5, 0.6) is 11.5 Å². The number of carbonyl (C=O) groups excluding carboxylic acids is 3. The van der Waals surface area contributed by atoms with Gasteiger partial charge in [0.1, 0.15) is 11.5 Å². The molecule has 3 aromatic carbocycles. The van der Waals surface area contributed by atoms with Crippen LogP contribution in [-0.2, 0) is 14.3 Å². The van der Waals surface area contributed by atoms with Crippen molar-refractivity contribution >= 4 is 46.5 Å². The third-order valence-electron chi connectivity index (χ3n) is 5.00. The molecule has 0 fully saturated rings. The van der Waals surface area contributed by atoms with Crippen molar-refractivity contribution in [2.45, 2.75) is 26.7 Å². The monoisotopic (exact) mass is 499 g/mol. The highest BCUT2D eigenvalue weighted by molar-refractivity contribution is 6.36. The summed E-state index contributed by atoms with van der Waals surface area (Å²) in [6.07, 6.45) is -0.253. The molecule has 0 aliphatic rings. The van der Waals surface area contributed by atoms with Gasteiger partial charge in [0.05, 0.1) is 11.4 Å². The van der Waals surface area contributed by atoms with Crippen molar-refractivity contribution in [3.63, 3.8) is 0 Å². The molecule has 0 aliphatic heterocycles. The first-order valence-corrected chi connectivity index (χ1v) is 11.3. The number of halogens is 2. The number of benzene rings is 3. The Morgan fingerprint density at radius 1 is 0.824 bits per heavy atom. The molecule has 0 atom stereocenters. The van der Waals surface area contributed by atoms with E-state index in [0.717, 1.165) is 11.3 Å². The van der Waals surface area contributed by atoms with Crippen molar-refractivity contribution in [3.05, 3.63) is 87.4 Å². The van der Waals surface area contributed by atoms with Crippen molar-refractivity contribution in [2.75, 3.05) is 11.9 Å². The zero-order valence-corrected chi connectivity index (χ0v) is 20.2. The van der Waals surface area contributed by atoms with Crippen molar-refractivity contribution < 1.29 is 23.9 Å². The minimum absolute atomic E-state index is 0.0877. The van der Waals surface area contributed by atoms with E-state index < -0.39 is 18.4 Å². The summed E-state index contributed by atoms with van der Waals surface area (Å²) in [4.78, 5) is 36.2. The minimum Gasteiger partial charge on any atom is -0.457 e. The van der Waals surface area contributed by atoms with E-state index in [1.807, 2.05) is 32.0 Å². The molecule has 0 spiro atoms. The van der Waals surface area contributed by atoms with Gasteiger partial charge in [0.25, 0.3) is 0 Å². The fourth-order valence-electron chi connectivity index (χ4n) is 2.97. The average Bonchev–Trinajstić information content (AvgIpc) is 2.80. The fourth-order valence-corrected chi connectivity index (χ4v) is 3.48. The van der Waals surface area contributed by atoms with Gasteiger partial charge < -0.3 is 14.8 Å². The molecule has 34 heavy (non-hydrogen) atoms. The highest BCUT2D eigenvalue weighted by Crippen LogP contribution is 2.25. The summed E-state index contributed by atoms with van der Waals surface area (Å²) >= 11 is 11.8. The standard InChI is InChI=1S/C26H23Cl2NO5/c1-16-3-7-21(13-17(16)2)34-20-8-5-19(6-9-20)29-25(31)11-12-26(32)33-15-24(30)22-10-4-18(27)14-23(22)28/h3-10,13-14H,11-12,15H2,1-2H3,(H,29,31). The van der Waals surface area contributed by atoms with Gasteiger partial charge in [-0.15, -0.1) is 0 Å². The van der Waals surface area contributed by atoms with Gasteiger partial charge in [0.2, 0.25) is 11.7 Å². The van der Waals surface area contributed by atoms with Gasteiger partial charge in [0.15, 0.2) is 6.61 Å². The molecule has 176 valence electrons. The van der Waals surface area contributed by atoms with Crippen LogP contribution < -0.4 is 10.1 Å². The summed E-state index contributed by atoms with van der Waals surface area (Å²) in [5.74, 6) is -0.106. The molecule has 1 amide bonds. The second-order valence-electron chi connectivity index (χ2n) is 7.63. The summed E-state index contributed by atoms with van der Waals surface area (Å²) in [6, 6.07) is 17.2. The van der Waals surface area contributed by atoms with Crippen LogP contribution >= 0.6 is 23.2 Å². The lowest BCUT2D eigenvalue weighted by molar-refractivity contribution is -0.143. The van der Waals surface area contributed by atoms with Crippen LogP contribution in [-0.4, -0.2) is 24.3 Å². The van der Waals surface area contributed by atoms with Crippen LogP contribution in [0.2, 0.25) is 10.0 Å². The smallest absolute Gasteiger partial charge is 0.306 e. The van der Waals surface area contributed by atoms with Gasteiger partial charge in [-0.2, -0.15) is 0 Å². The first-order chi connectivity index (χ1) is 16.2. The quantitative estimate of drug-likeness (QED) is 0.266. The number of hydrogen-bond acceptors (Lipinski definition) is 5. The lowest BCUT2D eigenvalue weighted by atomic mass is 10.1. The average molecular weight is 500 g/mol. The maximum atomic E-state index is 12.2. The number of nitrogens with one attached hydrogen (secondary N) is 1. The number of amides is 1. The zero-order chi connectivity index (χ0) is 24.7. The number of ether oxygens (including phenoxy) is 2. The predicted molar refractivity (Wildman–Crippen MR) is 132 cm³/mol. The molecule has 3 rings (SSSR count). The Bertz CT molecular complexity index is 1210. The Morgan fingerprint density at radius 3 is 2.21 bits per heavy atom. The van der Waals surface area contributed by atoms with Gasteiger partial charge in [-0.3, -0.25) is 14.4 Å². The lowest BCUT2D eigenvalue weighted by Gasteiger charge is -2.10. The molecule has 0 heterocycles. The first-order valence-electron chi connectivity index (χ1n) is 10.5. The van der Waals surface area contributed by atoms with E-state index in [0.29, 0.717) is 16.5 Å². The second kappa shape index (κ2) is 11.7. The van der Waals surface area contributed by atoms with Crippen molar-refractivity contribution in [3.8, 4) is 11.5 Å². The van der Waals surface area contributed by atoms with Gasteiger partial charge in [-0.05, 0) is 79.6 Å². The Balaban J connectivity index is 1.42. The van der Waals surface area contributed by atoms with Crippen molar-refractivity contribution in [1.29, 1.82) is 0 Å². The molecule has 6 nitrogen and oxygen atoms in total. The molecule has 3 aromatic rings. The third-order valence-corrected chi connectivity index (χ3v) is 5.55.